The zero-order chi connectivity index (χ0) is 7.78. The van der Waals surface area contributed by atoms with Crippen molar-refractivity contribution in [3.8, 4) is 0 Å². The van der Waals surface area contributed by atoms with Crippen molar-refractivity contribution in [3.05, 3.63) is 0 Å². The lowest BCUT2D eigenvalue weighted by molar-refractivity contribution is -0.145. The molecule has 0 amide bonds. The molecule has 0 N–H and O–H groups in total. The van der Waals surface area contributed by atoms with E-state index in [4.69, 9.17) is 4.74 Å². The third-order valence-electron chi connectivity index (χ3n) is 2.54. The molecule has 0 aromatic rings. The number of hydrogen-bond acceptors (Lipinski definition) is 2. The van der Waals surface area contributed by atoms with E-state index in [1.165, 1.54) is 0 Å². The second-order valence-electron chi connectivity index (χ2n) is 3.50. The molecule has 0 aromatic heterocycles. The summed E-state index contributed by atoms with van der Waals surface area (Å²) >= 11 is 0. The van der Waals surface area contributed by atoms with Crippen LogP contribution in [0.25, 0.3) is 0 Å². The summed E-state index contributed by atoms with van der Waals surface area (Å²) in [6.45, 7) is 4.70. The minimum Gasteiger partial charge on any atom is -0.384 e. The minimum absolute atomic E-state index is 0.115. The van der Waals surface area contributed by atoms with Crippen LogP contribution in [0.2, 0.25) is 0 Å². The smallest absolute Gasteiger partial charge is 0.139 e. The van der Waals surface area contributed by atoms with E-state index in [-0.39, 0.29) is 5.41 Å². The maximum atomic E-state index is 11.0. The summed E-state index contributed by atoms with van der Waals surface area (Å²) in [5, 5.41) is 0. The molecule has 58 valence electrons. The molecule has 0 aliphatic heterocycles. The summed E-state index contributed by atoms with van der Waals surface area (Å²) in [5.41, 5.74) is -0.115. The van der Waals surface area contributed by atoms with Gasteiger partial charge in [-0.1, -0.05) is 13.8 Å². The number of carbonyl (C=O) groups excluding carboxylic acids is 1. The first-order chi connectivity index (χ1) is 4.59. The fourth-order valence-electron chi connectivity index (χ4n) is 1.31. The van der Waals surface area contributed by atoms with Crippen molar-refractivity contribution in [1.82, 2.24) is 0 Å². The van der Waals surface area contributed by atoms with Crippen molar-refractivity contribution >= 4 is 5.78 Å². The van der Waals surface area contributed by atoms with Gasteiger partial charge >= 0.3 is 0 Å². The Balaban J connectivity index is 2.46. The van der Waals surface area contributed by atoms with Crippen molar-refractivity contribution in [2.24, 2.45) is 11.3 Å². The standard InChI is InChI=1S/C8H14O2/c1-8(2)6(5-10-3)4-7(8)9/h6H,4-5H2,1-3H3/t6-/m0/s1. The highest BCUT2D eigenvalue weighted by Gasteiger charge is 2.46. The molecule has 0 unspecified atom stereocenters. The third kappa shape index (κ3) is 0.966. The fraction of sp³-hybridized carbons (Fsp3) is 0.875. The van der Waals surface area contributed by atoms with Crippen molar-refractivity contribution in [1.29, 1.82) is 0 Å². The van der Waals surface area contributed by atoms with Crippen LogP contribution in [0.5, 0.6) is 0 Å². The number of ketones is 1. The zero-order valence-electron chi connectivity index (χ0n) is 6.81. The van der Waals surface area contributed by atoms with Gasteiger partial charge < -0.3 is 4.74 Å². The average molecular weight is 142 g/mol. The van der Waals surface area contributed by atoms with Crippen LogP contribution in [0.15, 0.2) is 0 Å². The van der Waals surface area contributed by atoms with E-state index in [2.05, 4.69) is 0 Å². The van der Waals surface area contributed by atoms with Crippen molar-refractivity contribution in [3.63, 3.8) is 0 Å². The lowest BCUT2D eigenvalue weighted by Crippen LogP contribution is -2.47. The van der Waals surface area contributed by atoms with E-state index in [0.717, 1.165) is 6.61 Å². The van der Waals surface area contributed by atoms with Crippen molar-refractivity contribution < 1.29 is 9.53 Å². The molecule has 0 saturated heterocycles. The highest BCUT2D eigenvalue weighted by molar-refractivity contribution is 5.90. The first-order valence-electron chi connectivity index (χ1n) is 3.61. The molecule has 1 rings (SSSR count). The Kier molecular flexibility index (Phi) is 1.82. The number of Topliss-reactive ketones (excluding diaryl/α,β-unsaturated/α-hetero) is 1. The first-order valence-corrected chi connectivity index (χ1v) is 3.61. The topological polar surface area (TPSA) is 26.3 Å². The van der Waals surface area contributed by atoms with E-state index in [1.807, 2.05) is 13.8 Å². The van der Waals surface area contributed by atoms with Gasteiger partial charge in [0.05, 0.1) is 6.61 Å². The quantitative estimate of drug-likeness (QED) is 0.580. The zero-order valence-corrected chi connectivity index (χ0v) is 6.81. The molecule has 0 bridgehead atoms. The molecule has 0 spiro atoms. The maximum absolute atomic E-state index is 11.0. The van der Waals surface area contributed by atoms with Gasteiger partial charge in [-0.15, -0.1) is 0 Å². The van der Waals surface area contributed by atoms with Gasteiger partial charge in [0, 0.05) is 24.9 Å². The normalized spacial score (nSPS) is 29.9. The van der Waals surface area contributed by atoms with Crippen LogP contribution in [0, 0.1) is 11.3 Å². The van der Waals surface area contributed by atoms with Crippen molar-refractivity contribution in [2.45, 2.75) is 20.3 Å². The fourth-order valence-corrected chi connectivity index (χ4v) is 1.31. The number of ether oxygens (including phenoxy) is 1. The van der Waals surface area contributed by atoms with E-state index < -0.39 is 0 Å². The molecule has 10 heavy (non-hydrogen) atoms. The van der Waals surface area contributed by atoms with Gasteiger partial charge in [0.1, 0.15) is 5.78 Å². The molecular formula is C8H14O2. The molecule has 1 atom stereocenters. The SMILES string of the molecule is COC[C@@H]1CC(=O)C1(C)C. The lowest BCUT2D eigenvalue weighted by Gasteiger charge is -2.41. The number of methoxy groups -OCH3 is 1. The largest absolute Gasteiger partial charge is 0.384 e. The number of rotatable bonds is 2. The lowest BCUT2D eigenvalue weighted by atomic mass is 9.62. The van der Waals surface area contributed by atoms with Crippen LogP contribution in [0.3, 0.4) is 0 Å². The van der Waals surface area contributed by atoms with E-state index >= 15 is 0 Å². The first kappa shape index (κ1) is 7.73. The molecule has 2 heteroatoms. The summed E-state index contributed by atoms with van der Waals surface area (Å²) < 4.78 is 4.98. The Bertz CT molecular complexity index is 149. The molecule has 0 heterocycles. The van der Waals surface area contributed by atoms with Gasteiger partial charge in [0.25, 0.3) is 0 Å². The minimum atomic E-state index is -0.115. The average Bonchev–Trinajstić information content (AvgIpc) is 1.88. The Morgan fingerprint density at radius 2 is 2.30 bits per heavy atom. The predicted octanol–water partition coefficient (Wildman–Crippen LogP) is 1.25. The summed E-state index contributed by atoms with van der Waals surface area (Å²) in [4.78, 5) is 11.0. The van der Waals surface area contributed by atoms with Crippen LogP contribution in [-0.2, 0) is 9.53 Å². The number of hydrogen-bond donors (Lipinski definition) is 0. The molecular weight excluding hydrogens is 128 g/mol. The molecule has 2 nitrogen and oxygen atoms in total. The Labute approximate surface area is 61.6 Å². The molecule has 1 fully saturated rings. The summed E-state index contributed by atoms with van der Waals surface area (Å²) in [5.74, 6) is 0.819. The molecule has 1 aliphatic carbocycles. The van der Waals surface area contributed by atoms with E-state index in [9.17, 15) is 4.79 Å². The van der Waals surface area contributed by atoms with Gasteiger partial charge in [-0.2, -0.15) is 0 Å². The van der Waals surface area contributed by atoms with Crippen LogP contribution in [0.4, 0.5) is 0 Å². The highest BCUT2D eigenvalue weighted by atomic mass is 16.5. The molecule has 0 aromatic carbocycles. The third-order valence-corrected chi connectivity index (χ3v) is 2.54. The van der Waals surface area contributed by atoms with Crippen LogP contribution in [0.1, 0.15) is 20.3 Å². The van der Waals surface area contributed by atoms with Crippen molar-refractivity contribution in [2.75, 3.05) is 13.7 Å². The van der Waals surface area contributed by atoms with E-state index in [0.29, 0.717) is 18.1 Å². The number of carbonyl (C=O) groups is 1. The molecule has 0 radical (unpaired) electrons. The maximum Gasteiger partial charge on any atom is 0.139 e. The van der Waals surface area contributed by atoms with Crippen LogP contribution >= 0.6 is 0 Å². The summed E-state index contributed by atoms with van der Waals surface area (Å²) in [6, 6.07) is 0. The second kappa shape index (κ2) is 2.35. The van der Waals surface area contributed by atoms with Crippen LogP contribution < -0.4 is 0 Å². The molecule has 1 saturated carbocycles. The highest BCUT2D eigenvalue weighted by Crippen LogP contribution is 2.42. The van der Waals surface area contributed by atoms with Gasteiger partial charge in [0.15, 0.2) is 0 Å². The van der Waals surface area contributed by atoms with Gasteiger partial charge in [-0.3, -0.25) is 4.79 Å². The monoisotopic (exact) mass is 142 g/mol. The van der Waals surface area contributed by atoms with Crippen LogP contribution in [-0.4, -0.2) is 19.5 Å². The Morgan fingerprint density at radius 1 is 1.70 bits per heavy atom. The second-order valence-corrected chi connectivity index (χ2v) is 3.50. The molecule has 1 aliphatic rings. The van der Waals surface area contributed by atoms with E-state index in [1.54, 1.807) is 7.11 Å². The summed E-state index contributed by atoms with van der Waals surface area (Å²) in [7, 11) is 1.68. The Morgan fingerprint density at radius 3 is 2.60 bits per heavy atom. The summed E-state index contributed by atoms with van der Waals surface area (Å²) in [6.07, 6.45) is 0.709. The van der Waals surface area contributed by atoms with Gasteiger partial charge in [0.2, 0.25) is 0 Å². The predicted molar refractivity (Wildman–Crippen MR) is 38.8 cm³/mol. The van der Waals surface area contributed by atoms with Gasteiger partial charge in [-0.25, -0.2) is 0 Å². The van der Waals surface area contributed by atoms with Gasteiger partial charge in [-0.05, 0) is 0 Å². The Hall–Kier alpha value is -0.370.